The van der Waals surface area contributed by atoms with Crippen LogP contribution >= 0.6 is 11.6 Å². The molecule has 0 bridgehead atoms. The van der Waals surface area contributed by atoms with E-state index in [1.807, 2.05) is 6.92 Å². The molecule has 2 aromatic carbocycles. The third-order valence-corrected chi connectivity index (χ3v) is 5.71. The smallest absolute Gasteiger partial charge is 0.244 e. The molecule has 0 heterocycles. The zero-order valence-corrected chi connectivity index (χ0v) is 16.9. The summed E-state index contributed by atoms with van der Waals surface area (Å²) in [5, 5.41) is 3.14. The van der Waals surface area contributed by atoms with Crippen LogP contribution in [0.25, 0.3) is 0 Å². The normalized spacial score (nSPS) is 12.5. The number of carbonyl (C=O) groups excluding carboxylic acids is 1. The van der Waals surface area contributed by atoms with Crippen molar-refractivity contribution in [2.24, 2.45) is 0 Å². The minimum Gasteiger partial charge on any atom is -0.350 e. The van der Waals surface area contributed by atoms with Crippen molar-refractivity contribution in [2.45, 2.75) is 32.9 Å². The Morgan fingerprint density at radius 3 is 2.37 bits per heavy atom. The molecule has 0 aromatic heterocycles. The van der Waals surface area contributed by atoms with Crippen LogP contribution in [0.15, 0.2) is 42.5 Å². The fourth-order valence-electron chi connectivity index (χ4n) is 2.69. The van der Waals surface area contributed by atoms with Crippen LogP contribution in [-0.2, 0) is 21.4 Å². The van der Waals surface area contributed by atoms with Crippen molar-refractivity contribution in [2.75, 3.05) is 10.6 Å². The number of anilines is 1. The highest BCUT2D eigenvalue weighted by molar-refractivity contribution is 7.92. The van der Waals surface area contributed by atoms with Crippen molar-refractivity contribution >= 4 is 33.2 Å². The Morgan fingerprint density at radius 1 is 1.22 bits per heavy atom. The second kappa shape index (κ2) is 8.71. The van der Waals surface area contributed by atoms with Crippen LogP contribution in [0.3, 0.4) is 0 Å². The molecule has 2 rings (SSSR count). The van der Waals surface area contributed by atoms with Crippen LogP contribution in [0.5, 0.6) is 0 Å². The number of rotatable bonds is 7. The molecule has 146 valence electrons. The van der Waals surface area contributed by atoms with Crippen LogP contribution in [0, 0.1) is 12.7 Å². The lowest BCUT2D eigenvalue weighted by atomic mass is 10.1. The number of hydrogen-bond acceptors (Lipinski definition) is 3. The van der Waals surface area contributed by atoms with Crippen molar-refractivity contribution < 1.29 is 17.6 Å². The molecule has 27 heavy (non-hydrogen) atoms. The van der Waals surface area contributed by atoms with Gasteiger partial charge in [0.25, 0.3) is 0 Å². The summed E-state index contributed by atoms with van der Waals surface area (Å²) in [6.45, 7) is 3.71. The zero-order chi connectivity index (χ0) is 20.2. The minimum absolute atomic E-state index is 0.169. The Morgan fingerprint density at radius 2 is 1.85 bits per heavy atom. The topological polar surface area (TPSA) is 66.5 Å². The molecule has 1 amide bonds. The van der Waals surface area contributed by atoms with Gasteiger partial charge < -0.3 is 5.32 Å². The number of sulfonamides is 1. The summed E-state index contributed by atoms with van der Waals surface area (Å²) >= 11 is 6.14. The number of benzene rings is 2. The predicted molar refractivity (Wildman–Crippen MR) is 106 cm³/mol. The van der Waals surface area contributed by atoms with Gasteiger partial charge in [0.05, 0.1) is 11.9 Å². The largest absolute Gasteiger partial charge is 0.350 e. The van der Waals surface area contributed by atoms with Gasteiger partial charge in [-0.3, -0.25) is 9.10 Å². The van der Waals surface area contributed by atoms with Gasteiger partial charge in [-0.15, -0.1) is 0 Å². The Bertz CT molecular complexity index is 917. The van der Waals surface area contributed by atoms with Crippen LogP contribution in [0.1, 0.15) is 24.5 Å². The van der Waals surface area contributed by atoms with Gasteiger partial charge in [0.1, 0.15) is 11.9 Å². The number of carbonyl (C=O) groups is 1. The van der Waals surface area contributed by atoms with Gasteiger partial charge in [-0.25, -0.2) is 12.8 Å². The van der Waals surface area contributed by atoms with Crippen molar-refractivity contribution in [1.82, 2.24) is 5.32 Å². The summed E-state index contributed by atoms with van der Waals surface area (Å²) in [5.74, 6) is -0.806. The molecule has 0 aliphatic carbocycles. The van der Waals surface area contributed by atoms with E-state index in [2.05, 4.69) is 5.32 Å². The summed E-state index contributed by atoms with van der Waals surface area (Å²) < 4.78 is 38.9. The number of nitrogens with zero attached hydrogens (tertiary/aromatic N) is 1. The quantitative estimate of drug-likeness (QED) is 0.754. The molecular weight excluding hydrogens is 391 g/mol. The molecule has 5 nitrogen and oxygen atoms in total. The summed E-state index contributed by atoms with van der Waals surface area (Å²) in [6.07, 6.45) is 1.32. The maximum Gasteiger partial charge on any atom is 0.244 e. The SMILES string of the molecule is CCC(C(=O)NCc1ccc(F)cc1)N(c1ccc(C)c(Cl)c1)S(C)(=O)=O. The minimum atomic E-state index is -3.73. The molecular formula is C19H22ClFN2O3S. The lowest BCUT2D eigenvalue weighted by Gasteiger charge is -2.30. The number of nitrogens with one attached hydrogen (secondary N) is 1. The number of amides is 1. The first-order chi connectivity index (χ1) is 12.6. The molecule has 0 radical (unpaired) electrons. The van der Waals surface area contributed by atoms with E-state index in [1.54, 1.807) is 31.2 Å². The lowest BCUT2D eigenvalue weighted by molar-refractivity contribution is -0.122. The fourth-order valence-corrected chi connectivity index (χ4v) is 4.07. The summed E-state index contributed by atoms with van der Waals surface area (Å²) in [7, 11) is -3.73. The van der Waals surface area contributed by atoms with Crippen LogP contribution in [0.4, 0.5) is 10.1 Å². The van der Waals surface area contributed by atoms with Crippen LogP contribution in [-0.4, -0.2) is 26.6 Å². The number of halogens is 2. The third kappa shape index (κ3) is 5.43. The van der Waals surface area contributed by atoms with Gasteiger partial charge in [-0.05, 0) is 48.7 Å². The van der Waals surface area contributed by atoms with Crippen LogP contribution < -0.4 is 9.62 Å². The summed E-state index contributed by atoms with van der Waals surface area (Å²) in [4.78, 5) is 12.7. The molecule has 0 saturated carbocycles. The van der Waals surface area contributed by atoms with Crippen molar-refractivity contribution in [3.63, 3.8) is 0 Å². The van der Waals surface area contributed by atoms with Crippen molar-refractivity contribution in [3.05, 3.63) is 64.4 Å². The van der Waals surface area contributed by atoms with E-state index in [1.165, 1.54) is 18.2 Å². The van der Waals surface area contributed by atoms with Gasteiger partial charge in [-0.2, -0.15) is 0 Å². The van der Waals surface area contributed by atoms with E-state index in [0.717, 1.165) is 16.1 Å². The summed E-state index contributed by atoms with van der Waals surface area (Å²) in [5.41, 5.74) is 1.85. The predicted octanol–water partition coefficient (Wildman–Crippen LogP) is 3.65. The first-order valence-corrected chi connectivity index (χ1v) is 10.6. The fraction of sp³-hybridized carbons (Fsp3) is 0.316. The van der Waals surface area contributed by atoms with Crippen LogP contribution in [0.2, 0.25) is 5.02 Å². The molecule has 2 aromatic rings. The van der Waals surface area contributed by atoms with Crippen molar-refractivity contribution in [1.29, 1.82) is 0 Å². The molecule has 0 saturated heterocycles. The van der Waals surface area contributed by atoms with Gasteiger partial charge in [-0.1, -0.05) is 36.7 Å². The number of aryl methyl sites for hydroxylation is 1. The summed E-state index contributed by atoms with van der Waals surface area (Å²) in [6, 6.07) is 9.66. The van der Waals surface area contributed by atoms with E-state index in [0.29, 0.717) is 16.3 Å². The first kappa shape index (κ1) is 21.2. The first-order valence-electron chi connectivity index (χ1n) is 8.41. The monoisotopic (exact) mass is 412 g/mol. The standard InChI is InChI=1S/C19H22ClFN2O3S/c1-4-18(19(24)22-12-14-6-8-15(21)9-7-14)23(27(3,25)26)16-10-5-13(2)17(20)11-16/h5-11,18H,4,12H2,1-3H3,(H,22,24). The maximum absolute atomic E-state index is 13.0. The van der Waals surface area contributed by atoms with E-state index in [4.69, 9.17) is 11.6 Å². The van der Waals surface area contributed by atoms with Gasteiger partial charge in [0, 0.05) is 11.6 Å². The third-order valence-electron chi connectivity index (χ3n) is 4.12. The Balaban J connectivity index is 2.27. The molecule has 1 unspecified atom stereocenters. The van der Waals surface area contributed by atoms with E-state index in [-0.39, 0.29) is 18.8 Å². The molecule has 8 heteroatoms. The Hall–Kier alpha value is -2.12. The zero-order valence-electron chi connectivity index (χ0n) is 15.4. The molecule has 0 aliphatic rings. The molecule has 0 fully saturated rings. The van der Waals surface area contributed by atoms with E-state index >= 15 is 0 Å². The molecule has 0 aliphatic heterocycles. The highest BCUT2D eigenvalue weighted by Gasteiger charge is 2.31. The lowest BCUT2D eigenvalue weighted by Crippen LogP contribution is -2.49. The Labute approximate surface area is 164 Å². The molecule has 1 atom stereocenters. The van der Waals surface area contributed by atoms with E-state index < -0.39 is 22.0 Å². The van der Waals surface area contributed by atoms with Gasteiger partial charge in [0.15, 0.2) is 0 Å². The molecule has 1 N–H and O–H groups in total. The van der Waals surface area contributed by atoms with Crippen molar-refractivity contribution in [3.8, 4) is 0 Å². The second-order valence-electron chi connectivity index (χ2n) is 6.26. The van der Waals surface area contributed by atoms with Gasteiger partial charge >= 0.3 is 0 Å². The van der Waals surface area contributed by atoms with Gasteiger partial charge in [0.2, 0.25) is 15.9 Å². The average molecular weight is 413 g/mol. The van der Waals surface area contributed by atoms with E-state index in [9.17, 15) is 17.6 Å². The average Bonchev–Trinajstić information content (AvgIpc) is 2.60. The number of hydrogen-bond donors (Lipinski definition) is 1. The second-order valence-corrected chi connectivity index (χ2v) is 8.53. The molecule has 0 spiro atoms. The highest BCUT2D eigenvalue weighted by atomic mass is 35.5. The Kier molecular flexibility index (Phi) is 6.84. The highest BCUT2D eigenvalue weighted by Crippen LogP contribution is 2.27. The maximum atomic E-state index is 13.0.